The monoisotopic (exact) mass is 493 g/mol. The molecule has 8 aliphatic rings. The highest BCUT2D eigenvalue weighted by Gasteiger charge is 2.78. The first-order chi connectivity index (χ1) is 17.4. The van der Waals surface area contributed by atoms with Crippen LogP contribution < -0.4 is 0 Å². The number of epoxide rings is 2. The van der Waals surface area contributed by atoms with Crippen LogP contribution in [-0.2, 0) is 35.2 Å². The maximum atomic E-state index is 13.4. The van der Waals surface area contributed by atoms with Gasteiger partial charge in [-0.1, -0.05) is 35.5 Å². The van der Waals surface area contributed by atoms with Gasteiger partial charge in [-0.15, -0.1) is 0 Å². The Morgan fingerprint density at radius 1 is 1.00 bits per heavy atom. The van der Waals surface area contributed by atoms with Crippen molar-refractivity contribution in [3.8, 4) is 0 Å². The van der Waals surface area contributed by atoms with Crippen LogP contribution in [0.3, 0.4) is 0 Å². The van der Waals surface area contributed by atoms with E-state index in [1.165, 1.54) is 0 Å². The number of aliphatic hydroxyl groups is 2. The molecule has 1 unspecified atom stereocenters. The number of ketones is 1. The van der Waals surface area contributed by atoms with E-state index in [2.05, 4.69) is 5.16 Å². The molecule has 0 radical (unpaired) electrons. The van der Waals surface area contributed by atoms with Gasteiger partial charge in [0.1, 0.15) is 48.9 Å². The third-order valence-corrected chi connectivity index (χ3v) is 9.27. The fourth-order valence-corrected chi connectivity index (χ4v) is 7.76. The van der Waals surface area contributed by atoms with Crippen LogP contribution in [0, 0.1) is 17.3 Å². The molecule has 9 nitrogen and oxygen atoms in total. The summed E-state index contributed by atoms with van der Waals surface area (Å²) >= 11 is 0. The number of Topliss-reactive ketones (excluding diaryl/α,β-unsaturated/α-hetero) is 1. The smallest absolute Gasteiger partial charge is 0.190 e. The Hall–Kier alpha value is -2.56. The summed E-state index contributed by atoms with van der Waals surface area (Å²) in [6.07, 6.45) is -3.61. The maximum absolute atomic E-state index is 13.4. The molecule has 2 N–H and O–H groups in total. The number of nitrogens with zero attached hydrogens (tertiary/aromatic N) is 1. The largest absolute Gasteiger partial charge is 0.498 e. The number of hydrogen-bond acceptors (Lipinski definition) is 9. The van der Waals surface area contributed by atoms with Gasteiger partial charge in [-0.05, 0) is 25.0 Å². The van der Waals surface area contributed by atoms with E-state index in [1.807, 2.05) is 44.2 Å². The van der Waals surface area contributed by atoms with Gasteiger partial charge in [-0.3, -0.25) is 4.79 Å². The summed E-state index contributed by atoms with van der Waals surface area (Å²) in [7, 11) is 0. The van der Waals surface area contributed by atoms with Crippen LogP contribution in [0.5, 0.6) is 0 Å². The zero-order valence-corrected chi connectivity index (χ0v) is 19.8. The Balaban J connectivity index is 1.31. The van der Waals surface area contributed by atoms with Crippen LogP contribution in [0.2, 0.25) is 0 Å². The Morgan fingerprint density at radius 2 is 1.75 bits per heavy atom. The number of hydrogen-bond donors (Lipinski definition) is 2. The van der Waals surface area contributed by atoms with Crippen molar-refractivity contribution >= 4 is 11.5 Å². The molecule has 1 spiro atoms. The molecule has 9 heteroatoms. The van der Waals surface area contributed by atoms with E-state index in [0.717, 1.165) is 5.56 Å². The number of carbonyl (C=O) groups is 1. The minimum atomic E-state index is -0.968. The third-order valence-electron chi connectivity index (χ3n) is 9.27. The van der Waals surface area contributed by atoms with Crippen molar-refractivity contribution in [1.82, 2.24) is 0 Å². The normalized spacial score (nSPS) is 50.2. The molecule has 3 aliphatic carbocycles. The predicted molar refractivity (Wildman–Crippen MR) is 122 cm³/mol. The summed E-state index contributed by atoms with van der Waals surface area (Å²) in [6, 6.07) is 9.75. The van der Waals surface area contributed by atoms with Crippen molar-refractivity contribution in [2.24, 2.45) is 22.4 Å². The summed E-state index contributed by atoms with van der Waals surface area (Å²) in [4.78, 5) is 19.3. The summed E-state index contributed by atoms with van der Waals surface area (Å²) in [6.45, 7) is 4.20. The second-order valence-corrected chi connectivity index (χ2v) is 11.0. The molecular formula is C27H27NO8. The second kappa shape index (κ2) is 7.05. The van der Waals surface area contributed by atoms with Crippen molar-refractivity contribution in [1.29, 1.82) is 0 Å². The molecule has 1 aromatic carbocycles. The number of fused-ring (bicyclic) bond motifs is 3. The Labute approximate surface area is 207 Å². The number of benzene rings is 1. The van der Waals surface area contributed by atoms with Crippen molar-refractivity contribution < 1.29 is 38.8 Å². The Morgan fingerprint density at radius 3 is 2.56 bits per heavy atom. The van der Waals surface area contributed by atoms with Crippen molar-refractivity contribution in [2.75, 3.05) is 0 Å². The lowest BCUT2D eigenvalue weighted by molar-refractivity contribution is -0.187. The van der Waals surface area contributed by atoms with E-state index in [1.54, 1.807) is 6.26 Å². The minimum absolute atomic E-state index is 0.0701. The molecule has 5 heterocycles. The van der Waals surface area contributed by atoms with Gasteiger partial charge < -0.3 is 34.0 Å². The van der Waals surface area contributed by atoms with Crippen LogP contribution >= 0.6 is 0 Å². The van der Waals surface area contributed by atoms with Gasteiger partial charge in [0, 0.05) is 23.0 Å². The summed E-state index contributed by atoms with van der Waals surface area (Å²) in [5.41, 5.74) is 2.41. The van der Waals surface area contributed by atoms with E-state index in [0.29, 0.717) is 22.4 Å². The molecular weight excluding hydrogens is 466 g/mol. The first-order valence-electron chi connectivity index (χ1n) is 12.7. The second-order valence-electron chi connectivity index (χ2n) is 11.0. The SMILES string of the molecule is C[C@@H]1O[C@@H]2C3=C(C(=O)[C@H]4O[C@@H]4[C@H]3O)C1[C@@H]1[C@@H](C)OC=C3[C@H](O)[C@H]4O[C@@H]4C(=NOCc4ccccc4)[C@@]321. The number of aliphatic hydroxyl groups excluding tert-OH is 2. The van der Waals surface area contributed by atoms with E-state index >= 15 is 0 Å². The van der Waals surface area contributed by atoms with E-state index in [4.69, 9.17) is 23.8 Å². The molecule has 2 bridgehead atoms. The van der Waals surface area contributed by atoms with Crippen LogP contribution in [0.25, 0.3) is 0 Å². The van der Waals surface area contributed by atoms with Gasteiger partial charge in [0.05, 0.1) is 30.0 Å². The lowest BCUT2D eigenvalue weighted by Gasteiger charge is -2.64. The molecule has 5 aliphatic heterocycles. The van der Waals surface area contributed by atoms with Crippen LogP contribution in [0.4, 0.5) is 0 Å². The fraction of sp³-hybridized carbons (Fsp3) is 0.556. The van der Waals surface area contributed by atoms with Gasteiger partial charge in [0.25, 0.3) is 0 Å². The number of oxime groups is 1. The van der Waals surface area contributed by atoms with Crippen LogP contribution in [0.1, 0.15) is 19.4 Å². The predicted octanol–water partition coefficient (Wildman–Crippen LogP) is 1.03. The lowest BCUT2D eigenvalue weighted by atomic mass is 9.45. The van der Waals surface area contributed by atoms with Gasteiger partial charge in [-0.25, -0.2) is 0 Å². The van der Waals surface area contributed by atoms with Crippen molar-refractivity contribution in [3.05, 3.63) is 58.9 Å². The zero-order chi connectivity index (χ0) is 24.5. The number of ether oxygens (including phenoxy) is 4. The number of rotatable bonds is 3. The molecule has 12 atom stereocenters. The van der Waals surface area contributed by atoms with E-state index in [-0.39, 0.29) is 36.4 Å². The van der Waals surface area contributed by atoms with Gasteiger partial charge in [-0.2, -0.15) is 0 Å². The summed E-state index contributed by atoms with van der Waals surface area (Å²) < 4.78 is 24.2. The maximum Gasteiger partial charge on any atom is 0.190 e. The number of carbonyl (C=O) groups excluding carboxylic acids is 1. The van der Waals surface area contributed by atoms with Crippen molar-refractivity contribution in [3.63, 3.8) is 0 Å². The molecule has 188 valence electrons. The van der Waals surface area contributed by atoms with Gasteiger partial charge >= 0.3 is 0 Å². The minimum Gasteiger partial charge on any atom is -0.498 e. The lowest BCUT2D eigenvalue weighted by Crippen LogP contribution is -2.72. The Kier molecular flexibility index (Phi) is 4.21. The molecule has 1 saturated carbocycles. The van der Waals surface area contributed by atoms with E-state index in [9.17, 15) is 15.0 Å². The highest BCUT2D eigenvalue weighted by Crippen LogP contribution is 2.68. The molecule has 9 rings (SSSR count). The average Bonchev–Trinajstić information content (AvgIpc) is 3.79. The van der Waals surface area contributed by atoms with Gasteiger partial charge in [0.15, 0.2) is 5.78 Å². The fourth-order valence-electron chi connectivity index (χ4n) is 7.76. The quantitative estimate of drug-likeness (QED) is 0.473. The standard InChI is InChI=1S/C27H27NO8/c1-10-14-15-16(20(31)23-22(35-23)19(15)30)26(34-10)27-13(9-32-11(2)17(14)27)18(29)21-24(36-21)25(27)28-33-8-12-6-4-3-5-7-12/h3-7,9-11,14,17-18,20-24,26,29,31H,8H2,1-2H3/t10-,11+,14?,17-,18-,20-,21+,22+,23+,24-,26+,27-/m0/s1. The topological polar surface area (TPSA) is 123 Å². The molecule has 3 saturated heterocycles. The highest BCUT2D eigenvalue weighted by atomic mass is 16.6. The van der Waals surface area contributed by atoms with Gasteiger partial charge in [0.2, 0.25) is 0 Å². The van der Waals surface area contributed by atoms with Crippen LogP contribution in [0.15, 0.2) is 58.5 Å². The first kappa shape index (κ1) is 21.5. The molecule has 1 aromatic rings. The highest BCUT2D eigenvalue weighted by molar-refractivity contribution is 6.07. The van der Waals surface area contributed by atoms with Crippen LogP contribution in [-0.4, -0.2) is 76.6 Å². The molecule has 36 heavy (non-hydrogen) atoms. The zero-order valence-electron chi connectivity index (χ0n) is 19.8. The average molecular weight is 494 g/mol. The summed E-state index contributed by atoms with van der Waals surface area (Å²) in [5, 5.41) is 27.3. The third kappa shape index (κ3) is 2.48. The molecule has 0 amide bonds. The van der Waals surface area contributed by atoms with Crippen molar-refractivity contribution in [2.45, 2.75) is 75.4 Å². The first-order valence-corrected chi connectivity index (χ1v) is 12.7. The molecule has 0 aromatic heterocycles. The van der Waals surface area contributed by atoms with E-state index < -0.39 is 48.1 Å². The molecule has 4 fully saturated rings. The summed E-state index contributed by atoms with van der Waals surface area (Å²) in [5.74, 6) is -0.701. The Bertz CT molecular complexity index is 1260.